The highest BCUT2D eigenvalue weighted by molar-refractivity contribution is 7.99. The van der Waals surface area contributed by atoms with Gasteiger partial charge in [-0.05, 0) is 13.8 Å². The van der Waals surface area contributed by atoms with E-state index in [1.54, 1.807) is 6.20 Å². The quantitative estimate of drug-likeness (QED) is 0.848. The van der Waals surface area contributed by atoms with Crippen molar-refractivity contribution in [2.24, 2.45) is 0 Å². The lowest BCUT2D eigenvalue weighted by Gasteiger charge is -2.30. The number of aromatic nitrogens is 2. The van der Waals surface area contributed by atoms with Gasteiger partial charge in [-0.15, -0.1) is 0 Å². The van der Waals surface area contributed by atoms with Gasteiger partial charge in [-0.3, -0.25) is 15.0 Å². The first-order valence-corrected chi connectivity index (χ1v) is 6.96. The molecule has 1 aromatic rings. The predicted molar refractivity (Wildman–Crippen MR) is 70.3 cm³/mol. The Labute approximate surface area is 105 Å². The molecule has 94 valence electrons. The van der Waals surface area contributed by atoms with Gasteiger partial charge in [-0.1, -0.05) is 0 Å². The predicted octanol–water partition coefficient (Wildman–Crippen LogP) is 1.09. The molecule has 1 aliphatic rings. The molecule has 1 amide bonds. The molecule has 5 nitrogen and oxygen atoms in total. The van der Waals surface area contributed by atoms with E-state index in [0.29, 0.717) is 5.95 Å². The van der Waals surface area contributed by atoms with Crippen LogP contribution < -0.4 is 5.32 Å². The zero-order valence-electron chi connectivity index (χ0n) is 10.2. The Morgan fingerprint density at radius 2 is 2.29 bits per heavy atom. The number of rotatable bonds is 3. The Balaban J connectivity index is 1.90. The number of anilines is 1. The minimum atomic E-state index is -0.0960. The first-order chi connectivity index (χ1) is 8.16. The third-order valence-corrected chi connectivity index (χ3v) is 3.86. The van der Waals surface area contributed by atoms with Gasteiger partial charge in [0.2, 0.25) is 11.9 Å². The lowest BCUT2D eigenvalue weighted by Crippen LogP contribution is -2.46. The number of aryl methyl sites for hydroxylation is 1. The van der Waals surface area contributed by atoms with Gasteiger partial charge in [-0.25, -0.2) is 4.98 Å². The number of thioether (sulfide) groups is 1. The van der Waals surface area contributed by atoms with Gasteiger partial charge in [0.15, 0.2) is 0 Å². The zero-order valence-corrected chi connectivity index (χ0v) is 11.0. The summed E-state index contributed by atoms with van der Waals surface area (Å²) in [6, 6.07) is -0.0960. The van der Waals surface area contributed by atoms with E-state index in [2.05, 4.69) is 20.2 Å². The summed E-state index contributed by atoms with van der Waals surface area (Å²) in [5, 5.41) is 2.81. The highest BCUT2D eigenvalue weighted by Gasteiger charge is 2.23. The summed E-state index contributed by atoms with van der Waals surface area (Å²) in [5.41, 5.74) is 0.947. The Morgan fingerprint density at radius 3 is 2.88 bits per heavy atom. The van der Waals surface area contributed by atoms with Gasteiger partial charge >= 0.3 is 0 Å². The van der Waals surface area contributed by atoms with Gasteiger partial charge < -0.3 is 4.98 Å². The van der Waals surface area contributed by atoms with Crippen LogP contribution in [0.2, 0.25) is 0 Å². The molecule has 1 fully saturated rings. The van der Waals surface area contributed by atoms with Gasteiger partial charge in [0.1, 0.15) is 0 Å². The van der Waals surface area contributed by atoms with Gasteiger partial charge in [0.25, 0.3) is 0 Å². The van der Waals surface area contributed by atoms with Crippen LogP contribution in [0.3, 0.4) is 0 Å². The number of imidazole rings is 1. The fourth-order valence-corrected chi connectivity index (χ4v) is 2.76. The van der Waals surface area contributed by atoms with Gasteiger partial charge in [0.05, 0.1) is 6.04 Å². The zero-order chi connectivity index (χ0) is 12.3. The van der Waals surface area contributed by atoms with E-state index in [1.165, 1.54) is 0 Å². The fourth-order valence-electron chi connectivity index (χ4n) is 1.83. The number of nitrogens with zero attached hydrogens (tertiary/aromatic N) is 2. The number of amides is 1. The summed E-state index contributed by atoms with van der Waals surface area (Å²) in [7, 11) is 0. The van der Waals surface area contributed by atoms with E-state index in [-0.39, 0.29) is 11.9 Å². The molecule has 0 bridgehead atoms. The summed E-state index contributed by atoms with van der Waals surface area (Å²) in [6.45, 7) is 5.82. The molecule has 0 unspecified atom stereocenters. The molecular formula is C11H18N4OS. The smallest absolute Gasteiger partial charge is 0.243 e. The maximum atomic E-state index is 12.0. The van der Waals surface area contributed by atoms with Crippen molar-refractivity contribution >= 4 is 23.6 Å². The van der Waals surface area contributed by atoms with Crippen molar-refractivity contribution < 1.29 is 4.79 Å². The summed E-state index contributed by atoms with van der Waals surface area (Å²) in [6.07, 6.45) is 1.71. The van der Waals surface area contributed by atoms with Crippen molar-refractivity contribution in [3.63, 3.8) is 0 Å². The van der Waals surface area contributed by atoms with E-state index in [1.807, 2.05) is 25.6 Å². The molecule has 1 aromatic heterocycles. The van der Waals surface area contributed by atoms with E-state index < -0.39 is 0 Å². The molecule has 2 rings (SSSR count). The Morgan fingerprint density at radius 1 is 1.59 bits per heavy atom. The van der Waals surface area contributed by atoms with Crippen LogP contribution >= 0.6 is 11.8 Å². The minimum absolute atomic E-state index is 0.00579. The molecule has 17 heavy (non-hydrogen) atoms. The standard InChI is InChI=1S/C11H18N4OS/c1-8-7-12-11(13-8)14-10(16)9(2)15-3-5-17-6-4-15/h7,9H,3-6H2,1-2H3,(H2,12,13,14,16)/t9-/m0/s1. The second-order valence-electron chi connectivity index (χ2n) is 4.23. The van der Waals surface area contributed by atoms with E-state index in [9.17, 15) is 4.79 Å². The molecule has 0 spiro atoms. The third-order valence-electron chi connectivity index (χ3n) is 2.92. The van der Waals surface area contributed by atoms with Crippen LogP contribution in [0.5, 0.6) is 0 Å². The normalized spacial score (nSPS) is 18.9. The summed E-state index contributed by atoms with van der Waals surface area (Å²) >= 11 is 1.94. The van der Waals surface area contributed by atoms with Crippen molar-refractivity contribution in [1.29, 1.82) is 0 Å². The summed E-state index contributed by atoms with van der Waals surface area (Å²) in [4.78, 5) is 21.3. The molecule has 2 N–H and O–H groups in total. The topological polar surface area (TPSA) is 61.0 Å². The molecular weight excluding hydrogens is 236 g/mol. The molecule has 0 radical (unpaired) electrons. The molecule has 6 heteroatoms. The fraction of sp³-hybridized carbons (Fsp3) is 0.636. The Hall–Kier alpha value is -1.01. The second kappa shape index (κ2) is 5.55. The summed E-state index contributed by atoms with van der Waals surface area (Å²) in [5.74, 6) is 2.76. The van der Waals surface area contributed by atoms with Crippen LogP contribution in [0.15, 0.2) is 6.20 Å². The highest BCUT2D eigenvalue weighted by Crippen LogP contribution is 2.13. The third kappa shape index (κ3) is 3.23. The molecule has 1 atom stereocenters. The Bertz CT molecular complexity index is 387. The molecule has 0 aromatic carbocycles. The maximum Gasteiger partial charge on any atom is 0.243 e. The number of hydrogen-bond donors (Lipinski definition) is 2. The number of H-pyrrole nitrogens is 1. The maximum absolute atomic E-state index is 12.0. The lowest BCUT2D eigenvalue weighted by atomic mass is 10.2. The van der Waals surface area contributed by atoms with Crippen LogP contribution in [0.25, 0.3) is 0 Å². The van der Waals surface area contributed by atoms with Crippen molar-refractivity contribution in [1.82, 2.24) is 14.9 Å². The average Bonchev–Trinajstić information content (AvgIpc) is 2.75. The number of carbonyl (C=O) groups excluding carboxylic acids is 1. The van der Waals surface area contributed by atoms with Crippen LogP contribution in [0.1, 0.15) is 12.6 Å². The van der Waals surface area contributed by atoms with Crippen LogP contribution in [-0.2, 0) is 4.79 Å². The minimum Gasteiger partial charge on any atom is -0.328 e. The lowest BCUT2D eigenvalue weighted by molar-refractivity contribution is -0.120. The summed E-state index contributed by atoms with van der Waals surface area (Å²) < 4.78 is 0. The second-order valence-corrected chi connectivity index (χ2v) is 5.45. The monoisotopic (exact) mass is 254 g/mol. The SMILES string of the molecule is Cc1cnc(NC(=O)[C@H](C)N2CCSCC2)[nH]1. The van der Waals surface area contributed by atoms with Crippen LogP contribution in [0.4, 0.5) is 5.95 Å². The highest BCUT2D eigenvalue weighted by atomic mass is 32.2. The van der Waals surface area contributed by atoms with Gasteiger partial charge in [0, 0.05) is 36.5 Å². The van der Waals surface area contributed by atoms with Gasteiger partial charge in [-0.2, -0.15) is 11.8 Å². The molecule has 1 saturated heterocycles. The van der Waals surface area contributed by atoms with E-state index in [4.69, 9.17) is 0 Å². The Kier molecular flexibility index (Phi) is 4.06. The number of nitrogens with one attached hydrogen (secondary N) is 2. The van der Waals surface area contributed by atoms with Crippen molar-refractivity contribution in [2.75, 3.05) is 29.9 Å². The van der Waals surface area contributed by atoms with Crippen LogP contribution in [0, 0.1) is 6.92 Å². The molecule has 0 aliphatic carbocycles. The number of carbonyl (C=O) groups is 1. The largest absolute Gasteiger partial charge is 0.328 e. The first-order valence-electron chi connectivity index (χ1n) is 5.81. The average molecular weight is 254 g/mol. The molecule has 2 heterocycles. The van der Waals surface area contributed by atoms with E-state index in [0.717, 1.165) is 30.3 Å². The van der Waals surface area contributed by atoms with E-state index >= 15 is 0 Å². The van der Waals surface area contributed by atoms with Crippen LogP contribution in [-0.4, -0.2) is 51.4 Å². The number of aromatic amines is 1. The first kappa shape index (κ1) is 12.4. The molecule has 1 aliphatic heterocycles. The van der Waals surface area contributed by atoms with Crippen molar-refractivity contribution in [3.8, 4) is 0 Å². The molecule has 0 saturated carbocycles. The van der Waals surface area contributed by atoms with Crippen molar-refractivity contribution in [2.45, 2.75) is 19.9 Å². The van der Waals surface area contributed by atoms with Crippen molar-refractivity contribution in [3.05, 3.63) is 11.9 Å². The number of hydrogen-bond acceptors (Lipinski definition) is 4.